The van der Waals surface area contributed by atoms with E-state index in [2.05, 4.69) is 17.3 Å². The molecular weight excluding hydrogens is 264 g/mol. The highest BCUT2D eigenvalue weighted by molar-refractivity contribution is 5.96. The lowest BCUT2D eigenvalue weighted by molar-refractivity contribution is 0.0734. The third-order valence-corrected chi connectivity index (χ3v) is 3.43. The Morgan fingerprint density at radius 2 is 1.95 bits per heavy atom. The molecule has 6 heteroatoms. The van der Waals surface area contributed by atoms with Crippen LogP contribution in [0.1, 0.15) is 35.1 Å². The second-order valence-electron chi connectivity index (χ2n) is 4.81. The Bertz CT molecular complexity index is 438. The summed E-state index contributed by atoms with van der Waals surface area (Å²) in [6, 6.07) is 0. The van der Waals surface area contributed by atoms with Crippen molar-refractivity contribution in [2.75, 3.05) is 26.2 Å². The summed E-state index contributed by atoms with van der Waals surface area (Å²) in [4.78, 5) is 14.4. The van der Waals surface area contributed by atoms with E-state index in [1.807, 2.05) is 23.4 Å². The van der Waals surface area contributed by atoms with Crippen molar-refractivity contribution in [1.82, 2.24) is 20.0 Å². The fraction of sp³-hybridized carbons (Fsp3) is 0.692. The summed E-state index contributed by atoms with van der Waals surface area (Å²) in [7, 11) is 0. The first-order valence-electron chi connectivity index (χ1n) is 6.69. The van der Waals surface area contributed by atoms with Gasteiger partial charge < -0.3 is 10.2 Å². The Hall–Kier alpha value is -1.07. The molecule has 0 atom stereocenters. The zero-order chi connectivity index (χ0) is 13.1. The third kappa shape index (κ3) is 3.28. The SMILES string of the molecule is CCCn1nc(C)c(C(=O)N2CCNCC2)c1C.Cl. The minimum atomic E-state index is 0. The Kier molecular flexibility index (Phi) is 5.82. The highest BCUT2D eigenvalue weighted by atomic mass is 35.5. The smallest absolute Gasteiger partial charge is 0.257 e. The molecule has 108 valence electrons. The van der Waals surface area contributed by atoms with Gasteiger partial charge in [-0.05, 0) is 20.3 Å². The summed E-state index contributed by atoms with van der Waals surface area (Å²) in [6.45, 7) is 10.3. The molecule has 2 heterocycles. The molecule has 2 rings (SSSR count). The topological polar surface area (TPSA) is 50.2 Å². The van der Waals surface area contributed by atoms with E-state index < -0.39 is 0 Å². The molecule has 19 heavy (non-hydrogen) atoms. The first-order chi connectivity index (χ1) is 8.65. The van der Waals surface area contributed by atoms with Gasteiger partial charge in [-0.1, -0.05) is 6.92 Å². The minimum absolute atomic E-state index is 0. The molecule has 0 unspecified atom stereocenters. The largest absolute Gasteiger partial charge is 0.336 e. The van der Waals surface area contributed by atoms with Crippen molar-refractivity contribution in [3.63, 3.8) is 0 Å². The number of aromatic nitrogens is 2. The number of hydrogen-bond acceptors (Lipinski definition) is 3. The molecule has 0 aromatic carbocycles. The summed E-state index contributed by atoms with van der Waals surface area (Å²) >= 11 is 0. The Labute approximate surface area is 120 Å². The van der Waals surface area contributed by atoms with Crippen LogP contribution in [0.3, 0.4) is 0 Å². The number of amides is 1. The average molecular weight is 287 g/mol. The predicted octanol–water partition coefficient (Wildman–Crippen LogP) is 1.38. The fourth-order valence-electron chi connectivity index (χ4n) is 2.46. The lowest BCUT2D eigenvalue weighted by Crippen LogP contribution is -2.46. The molecule has 0 bridgehead atoms. The van der Waals surface area contributed by atoms with Gasteiger partial charge in [0.1, 0.15) is 0 Å². The molecule has 0 spiro atoms. The molecule has 1 aromatic rings. The van der Waals surface area contributed by atoms with E-state index in [9.17, 15) is 4.79 Å². The monoisotopic (exact) mass is 286 g/mol. The summed E-state index contributed by atoms with van der Waals surface area (Å²) in [5, 5.41) is 7.73. The van der Waals surface area contributed by atoms with Crippen LogP contribution in [0.2, 0.25) is 0 Å². The highest BCUT2D eigenvalue weighted by Gasteiger charge is 2.24. The molecule has 1 aromatic heterocycles. The molecule has 0 aliphatic carbocycles. The van der Waals surface area contributed by atoms with E-state index in [-0.39, 0.29) is 18.3 Å². The zero-order valence-electron chi connectivity index (χ0n) is 11.9. The van der Waals surface area contributed by atoms with Gasteiger partial charge in [-0.25, -0.2) is 0 Å². The molecule has 1 N–H and O–H groups in total. The van der Waals surface area contributed by atoms with Gasteiger partial charge in [-0.3, -0.25) is 9.48 Å². The number of nitrogens with zero attached hydrogens (tertiary/aromatic N) is 3. The summed E-state index contributed by atoms with van der Waals surface area (Å²) < 4.78 is 1.95. The number of carbonyl (C=O) groups excluding carboxylic acids is 1. The van der Waals surface area contributed by atoms with Gasteiger partial charge in [0.2, 0.25) is 0 Å². The fourth-order valence-corrected chi connectivity index (χ4v) is 2.46. The zero-order valence-corrected chi connectivity index (χ0v) is 12.7. The molecule has 1 aliphatic heterocycles. The Balaban J connectivity index is 0.00000180. The first kappa shape index (κ1) is 16.0. The van der Waals surface area contributed by atoms with Crippen molar-refractivity contribution in [2.24, 2.45) is 0 Å². The quantitative estimate of drug-likeness (QED) is 0.913. The first-order valence-corrected chi connectivity index (χ1v) is 6.69. The van der Waals surface area contributed by atoms with E-state index in [0.29, 0.717) is 0 Å². The summed E-state index contributed by atoms with van der Waals surface area (Å²) in [6.07, 6.45) is 1.03. The molecule has 1 saturated heterocycles. The molecule has 0 saturated carbocycles. The number of hydrogen-bond donors (Lipinski definition) is 1. The van der Waals surface area contributed by atoms with Crippen molar-refractivity contribution in [3.05, 3.63) is 17.0 Å². The molecule has 5 nitrogen and oxygen atoms in total. The molecular formula is C13H23ClN4O. The highest BCUT2D eigenvalue weighted by Crippen LogP contribution is 2.16. The maximum absolute atomic E-state index is 12.5. The number of nitrogens with one attached hydrogen (secondary N) is 1. The Morgan fingerprint density at radius 1 is 1.32 bits per heavy atom. The van der Waals surface area contributed by atoms with Crippen molar-refractivity contribution in [1.29, 1.82) is 0 Å². The van der Waals surface area contributed by atoms with Crippen molar-refractivity contribution < 1.29 is 4.79 Å². The lowest BCUT2D eigenvalue weighted by Gasteiger charge is -2.27. The van der Waals surface area contributed by atoms with Gasteiger partial charge in [-0.15, -0.1) is 12.4 Å². The molecule has 1 aliphatic rings. The predicted molar refractivity (Wildman–Crippen MR) is 78.0 cm³/mol. The maximum atomic E-state index is 12.5. The number of halogens is 1. The van der Waals surface area contributed by atoms with Crippen LogP contribution < -0.4 is 5.32 Å². The van der Waals surface area contributed by atoms with Gasteiger partial charge in [0, 0.05) is 38.4 Å². The number of rotatable bonds is 3. The van der Waals surface area contributed by atoms with Gasteiger partial charge in [0.15, 0.2) is 0 Å². The maximum Gasteiger partial charge on any atom is 0.257 e. The van der Waals surface area contributed by atoms with Crippen LogP contribution in [0, 0.1) is 13.8 Å². The molecule has 0 radical (unpaired) electrons. The van der Waals surface area contributed by atoms with Crippen LogP contribution >= 0.6 is 12.4 Å². The minimum Gasteiger partial charge on any atom is -0.336 e. The van der Waals surface area contributed by atoms with Crippen LogP contribution in [-0.2, 0) is 6.54 Å². The average Bonchev–Trinajstić information content (AvgIpc) is 2.65. The van der Waals surface area contributed by atoms with Gasteiger partial charge in [0.25, 0.3) is 5.91 Å². The van der Waals surface area contributed by atoms with E-state index in [1.54, 1.807) is 0 Å². The van der Waals surface area contributed by atoms with E-state index >= 15 is 0 Å². The number of carbonyl (C=O) groups is 1. The summed E-state index contributed by atoms with van der Waals surface area (Å²) in [5.41, 5.74) is 2.65. The van der Waals surface area contributed by atoms with Crippen LogP contribution in [0.5, 0.6) is 0 Å². The van der Waals surface area contributed by atoms with Crippen LogP contribution in [-0.4, -0.2) is 46.8 Å². The number of piperazine rings is 1. The Morgan fingerprint density at radius 3 is 2.53 bits per heavy atom. The standard InChI is InChI=1S/C13H22N4O.ClH/c1-4-7-17-11(3)12(10(2)15-17)13(18)16-8-5-14-6-9-16;/h14H,4-9H2,1-3H3;1H. The van der Waals surface area contributed by atoms with E-state index in [0.717, 1.165) is 56.1 Å². The van der Waals surface area contributed by atoms with Gasteiger partial charge >= 0.3 is 0 Å². The van der Waals surface area contributed by atoms with Crippen molar-refractivity contribution >= 4 is 18.3 Å². The second kappa shape index (κ2) is 6.91. The van der Waals surface area contributed by atoms with E-state index in [1.165, 1.54) is 0 Å². The molecule has 1 amide bonds. The third-order valence-electron chi connectivity index (χ3n) is 3.43. The molecule has 1 fully saturated rings. The summed E-state index contributed by atoms with van der Waals surface area (Å²) in [5.74, 6) is 0.133. The van der Waals surface area contributed by atoms with Gasteiger partial charge in [-0.2, -0.15) is 5.10 Å². The van der Waals surface area contributed by atoms with Gasteiger partial charge in [0.05, 0.1) is 11.3 Å². The van der Waals surface area contributed by atoms with E-state index in [4.69, 9.17) is 0 Å². The van der Waals surface area contributed by atoms with Crippen molar-refractivity contribution in [3.8, 4) is 0 Å². The van der Waals surface area contributed by atoms with Crippen LogP contribution in [0.15, 0.2) is 0 Å². The van der Waals surface area contributed by atoms with Crippen LogP contribution in [0.4, 0.5) is 0 Å². The van der Waals surface area contributed by atoms with Crippen LogP contribution in [0.25, 0.3) is 0 Å². The van der Waals surface area contributed by atoms with Crippen molar-refractivity contribution in [2.45, 2.75) is 33.7 Å². The second-order valence-corrected chi connectivity index (χ2v) is 4.81. The lowest BCUT2D eigenvalue weighted by atomic mass is 10.1. The normalized spacial score (nSPS) is 15.2. The number of aryl methyl sites for hydroxylation is 2.